The Balaban J connectivity index is 1.49. The number of hydrogen-bond donors (Lipinski definition) is 2. The Hall–Kier alpha value is -2.73. The second-order valence-electron chi connectivity index (χ2n) is 6.79. The average Bonchev–Trinajstić information content (AvgIpc) is 3.06. The number of aromatic nitrogens is 2. The minimum absolute atomic E-state index is 0.169. The summed E-state index contributed by atoms with van der Waals surface area (Å²) < 4.78 is 0. The summed E-state index contributed by atoms with van der Waals surface area (Å²) in [5.41, 5.74) is 3.30. The van der Waals surface area contributed by atoms with Crippen molar-refractivity contribution in [2.45, 2.75) is 25.3 Å². The van der Waals surface area contributed by atoms with Gasteiger partial charge in [0.15, 0.2) is 0 Å². The number of rotatable bonds is 4. The Morgan fingerprint density at radius 3 is 2.96 bits per heavy atom. The van der Waals surface area contributed by atoms with E-state index in [-0.39, 0.29) is 10.6 Å². The van der Waals surface area contributed by atoms with Gasteiger partial charge in [0, 0.05) is 17.7 Å². The summed E-state index contributed by atoms with van der Waals surface area (Å²) in [6.45, 7) is 2.92. The molecule has 1 aliphatic rings. The summed E-state index contributed by atoms with van der Waals surface area (Å²) in [7, 11) is 0. The molecular weight excluding hydrogens is 316 g/mol. The number of hydrogen-bond acceptors (Lipinski definition) is 3. The Kier molecular flexibility index (Phi) is 4.19. The second kappa shape index (κ2) is 6.64. The maximum Gasteiger partial charge on any atom is 0.269 e. The highest BCUT2D eigenvalue weighted by Crippen LogP contribution is 2.22. The molecule has 2 N–H and O–H groups in total. The van der Waals surface area contributed by atoms with Gasteiger partial charge in [0.2, 0.25) is 0 Å². The third-order valence-electron chi connectivity index (χ3n) is 4.99. The van der Waals surface area contributed by atoms with Crippen LogP contribution in [0.15, 0.2) is 48.5 Å². The van der Waals surface area contributed by atoms with Gasteiger partial charge in [-0.2, -0.15) is 0 Å². The third kappa shape index (κ3) is 3.39. The molecule has 1 fully saturated rings. The number of nitrogens with zero attached hydrogens (tertiary/aromatic N) is 2. The van der Waals surface area contributed by atoms with Crippen LogP contribution < -0.4 is 4.90 Å². The summed E-state index contributed by atoms with van der Waals surface area (Å²) in [4.78, 5) is 20.3. The molecule has 6 nitrogen and oxygen atoms in total. The van der Waals surface area contributed by atoms with Crippen LogP contribution in [0.2, 0.25) is 0 Å². The molecule has 128 valence electrons. The number of nitro groups is 1. The van der Waals surface area contributed by atoms with Crippen LogP contribution in [0.3, 0.4) is 0 Å². The van der Waals surface area contributed by atoms with Gasteiger partial charge >= 0.3 is 0 Å². The maximum absolute atomic E-state index is 11.0. The van der Waals surface area contributed by atoms with Crippen molar-refractivity contribution in [3.63, 3.8) is 0 Å². The lowest BCUT2D eigenvalue weighted by Gasteiger charge is -2.28. The predicted octanol–water partition coefficient (Wildman–Crippen LogP) is 2.43. The number of non-ortho nitro benzene ring substituents is 1. The minimum atomic E-state index is -0.327. The van der Waals surface area contributed by atoms with E-state index in [9.17, 15) is 10.1 Å². The molecule has 1 unspecified atom stereocenters. The quantitative estimate of drug-likeness (QED) is 0.567. The highest BCUT2D eigenvalue weighted by molar-refractivity contribution is 5.74. The molecule has 0 aliphatic carbocycles. The lowest BCUT2D eigenvalue weighted by atomic mass is 9.97. The molecule has 1 aliphatic heterocycles. The van der Waals surface area contributed by atoms with Crippen molar-refractivity contribution in [2.75, 3.05) is 13.1 Å². The number of aromatic amines is 1. The average molecular weight is 337 g/mol. The Bertz CT molecular complexity index is 872. The molecule has 1 aromatic heterocycles. The SMILES string of the molecule is O=[N+]([O-])c1cccc(C[NH+]2CCC[C@H](c3nc4ccccc4[nH]3)C2)c1. The van der Waals surface area contributed by atoms with Crippen LogP contribution in [-0.2, 0) is 6.54 Å². The lowest BCUT2D eigenvalue weighted by Crippen LogP contribution is -3.12. The highest BCUT2D eigenvalue weighted by atomic mass is 16.6. The third-order valence-corrected chi connectivity index (χ3v) is 4.99. The van der Waals surface area contributed by atoms with E-state index < -0.39 is 0 Å². The number of nitrogens with one attached hydrogen (secondary N) is 2. The summed E-state index contributed by atoms with van der Waals surface area (Å²) in [6.07, 6.45) is 2.28. The van der Waals surface area contributed by atoms with E-state index in [1.54, 1.807) is 18.2 Å². The van der Waals surface area contributed by atoms with Crippen molar-refractivity contribution >= 4 is 16.7 Å². The molecule has 3 aromatic rings. The molecule has 1 saturated heterocycles. The molecule has 0 amide bonds. The van der Waals surface area contributed by atoms with Gasteiger partial charge in [-0.1, -0.05) is 24.3 Å². The van der Waals surface area contributed by atoms with Crippen molar-refractivity contribution in [3.8, 4) is 0 Å². The van der Waals surface area contributed by atoms with Gasteiger partial charge in [-0.05, 0) is 25.0 Å². The number of piperidine rings is 1. The normalized spacial score (nSPS) is 20.6. The van der Waals surface area contributed by atoms with Crippen LogP contribution in [0.5, 0.6) is 0 Å². The maximum atomic E-state index is 11.0. The number of H-pyrrole nitrogens is 1. The lowest BCUT2D eigenvalue weighted by molar-refractivity contribution is -0.920. The van der Waals surface area contributed by atoms with Crippen LogP contribution in [0.1, 0.15) is 30.1 Å². The van der Waals surface area contributed by atoms with Crippen LogP contribution in [-0.4, -0.2) is 28.0 Å². The van der Waals surface area contributed by atoms with Crippen molar-refractivity contribution in [1.29, 1.82) is 0 Å². The van der Waals surface area contributed by atoms with Gasteiger partial charge in [-0.15, -0.1) is 0 Å². The first-order valence-electron chi connectivity index (χ1n) is 8.70. The first-order chi connectivity index (χ1) is 12.2. The van der Waals surface area contributed by atoms with Gasteiger partial charge in [-0.3, -0.25) is 10.1 Å². The fraction of sp³-hybridized carbons (Fsp3) is 0.316. The summed E-state index contributed by atoms with van der Waals surface area (Å²) in [5.74, 6) is 1.48. The number of imidazole rings is 1. The van der Waals surface area contributed by atoms with Gasteiger partial charge in [0.1, 0.15) is 12.4 Å². The molecule has 0 saturated carbocycles. The largest absolute Gasteiger partial charge is 0.342 e. The van der Waals surface area contributed by atoms with Crippen LogP contribution >= 0.6 is 0 Å². The van der Waals surface area contributed by atoms with Crippen molar-refractivity contribution in [3.05, 3.63) is 70.0 Å². The number of quaternary nitrogens is 1. The molecular formula is C19H21N4O2+. The molecule has 2 heterocycles. The molecule has 0 radical (unpaired) electrons. The Morgan fingerprint density at radius 1 is 1.24 bits per heavy atom. The minimum Gasteiger partial charge on any atom is -0.342 e. The van der Waals surface area contributed by atoms with Gasteiger partial charge < -0.3 is 9.88 Å². The Morgan fingerprint density at radius 2 is 2.12 bits per heavy atom. The number of fused-ring (bicyclic) bond motifs is 1. The fourth-order valence-electron chi connectivity index (χ4n) is 3.78. The summed E-state index contributed by atoms with van der Waals surface area (Å²) in [6, 6.07) is 15.1. The van der Waals surface area contributed by atoms with E-state index in [1.165, 1.54) is 4.90 Å². The molecule has 2 aromatic carbocycles. The van der Waals surface area contributed by atoms with Crippen molar-refractivity contribution < 1.29 is 9.82 Å². The zero-order chi connectivity index (χ0) is 17.2. The smallest absolute Gasteiger partial charge is 0.269 e. The van der Waals surface area contributed by atoms with E-state index in [0.29, 0.717) is 5.92 Å². The van der Waals surface area contributed by atoms with Gasteiger partial charge in [0.25, 0.3) is 5.69 Å². The Labute approximate surface area is 145 Å². The van der Waals surface area contributed by atoms with E-state index in [2.05, 4.69) is 11.1 Å². The number of benzene rings is 2. The molecule has 0 bridgehead atoms. The fourth-order valence-corrected chi connectivity index (χ4v) is 3.78. The standard InChI is InChI=1S/C19H20N4O2/c24-23(25)16-7-3-5-14(11-16)12-22-10-4-6-15(13-22)19-20-17-8-1-2-9-18(17)21-19/h1-3,5,7-9,11,15H,4,6,10,12-13H2,(H,20,21)/p+1/t15-/m0/s1. The van der Waals surface area contributed by atoms with Crippen molar-refractivity contribution in [1.82, 2.24) is 9.97 Å². The van der Waals surface area contributed by atoms with E-state index >= 15 is 0 Å². The predicted molar refractivity (Wildman–Crippen MR) is 95.6 cm³/mol. The highest BCUT2D eigenvalue weighted by Gasteiger charge is 2.27. The van der Waals surface area contributed by atoms with Crippen LogP contribution in [0.25, 0.3) is 11.0 Å². The monoisotopic (exact) mass is 337 g/mol. The summed E-state index contributed by atoms with van der Waals surface area (Å²) >= 11 is 0. The molecule has 4 rings (SSSR count). The second-order valence-corrected chi connectivity index (χ2v) is 6.79. The van der Waals surface area contributed by atoms with E-state index in [0.717, 1.165) is 54.9 Å². The van der Waals surface area contributed by atoms with Crippen LogP contribution in [0, 0.1) is 10.1 Å². The first kappa shape index (κ1) is 15.8. The molecule has 25 heavy (non-hydrogen) atoms. The topological polar surface area (TPSA) is 76.3 Å². The zero-order valence-electron chi connectivity index (χ0n) is 13.9. The number of para-hydroxylation sites is 2. The van der Waals surface area contributed by atoms with Crippen molar-refractivity contribution in [2.24, 2.45) is 0 Å². The zero-order valence-corrected chi connectivity index (χ0v) is 13.9. The van der Waals surface area contributed by atoms with Gasteiger partial charge in [0.05, 0.1) is 35.0 Å². The van der Waals surface area contributed by atoms with Crippen LogP contribution in [0.4, 0.5) is 5.69 Å². The molecule has 6 heteroatoms. The number of nitro benzene ring substituents is 1. The van der Waals surface area contributed by atoms with E-state index in [1.807, 2.05) is 24.3 Å². The van der Waals surface area contributed by atoms with E-state index in [4.69, 9.17) is 4.98 Å². The number of likely N-dealkylation sites (tertiary alicyclic amines) is 1. The van der Waals surface area contributed by atoms with Gasteiger partial charge in [-0.25, -0.2) is 4.98 Å². The first-order valence-corrected chi connectivity index (χ1v) is 8.70. The molecule has 2 atom stereocenters. The molecule has 0 spiro atoms. The summed E-state index contributed by atoms with van der Waals surface area (Å²) in [5, 5.41) is 11.0.